The average molecular weight is 348 g/mol. The Labute approximate surface area is 153 Å². The predicted octanol–water partition coefficient (Wildman–Crippen LogP) is 2.68. The molecule has 26 heavy (non-hydrogen) atoms. The van der Waals surface area contributed by atoms with E-state index in [9.17, 15) is 9.90 Å². The van der Waals surface area contributed by atoms with E-state index in [4.69, 9.17) is 4.98 Å². The van der Waals surface area contributed by atoms with Crippen LogP contribution in [0.1, 0.15) is 47.1 Å². The second kappa shape index (κ2) is 6.00. The smallest absolute Gasteiger partial charge is 0.184 e. The van der Waals surface area contributed by atoms with Gasteiger partial charge < -0.3 is 10.0 Å². The summed E-state index contributed by atoms with van der Waals surface area (Å²) >= 11 is 0. The molecule has 4 heteroatoms. The van der Waals surface area contributed by atoms with Crippen molar-refractivity contribution >= 4 is 0 Å². The summed E-state index contributed by atoms with van der Waals surface area (Å²) in [5.74, 6) is 1.08. The van der Waals surface area contributed by atoms with Crippen molar-refractivity contribution < 1.29 is 5.11 Å². The lowest BCUT2D eigenvalue weighted by Gasteiger charge is -2.25. The number of rotatable bonds is 1. The highest BCUT2D eigenvalue weighted by atomic mass is 16.3. The number of likely N-dealkylation sites (tertiary alicyclic amines) is 1. The van der Waals surface area contributed by atoms with Crippen molar-refractivity contribution in [3.63, 3.8) is 0 Å². The number of hydrogen-bond donors (Lipinski definition) is 1. The average Bonchev–Trinajstić information content (AvgIpc) is 3.14. The van der Waals surface area contributed by atoms with Crippen LogP contribution in [0.25, 0.3) is 11.3 Å². The number of fused-ring (bicyclic) bond motifs is 4. The number of benzene rings is 1. The van der Waals surface area contributed by atoms with E-state index in [2.05, 4.69) is 18.0 Å². The molecule has 0 amide bonds. The lowest BCUT2D eigenvalue weighted by atomic mass is 9.78. The zero-order chi connectivity index (χ0) is 17.8. The summed E-state index contributed by atoms with van der Waals surface area (Å²) in [4.78, 5) is 20.0. The van der Waals surface area contributed by atoms with Gasteiger partial charge in [0.05, 0.1) is 11.8 Å². The molecule has 134 valence electrons. The molecule has 0 bridgehead atoms. The molecule has 1 saturated heterocycles. The zero-order valence-corrected chi connectivity index (χ0v) is 15.1. The molecule has 4 nitrogen and oxygen atoms in total. The number of hydrogen-bond acceptors (Lipinski definition) is 4. The summed E-state index contributed by atoms with van der Waals surface area (Å²) in [7, 11) is 2.16. The third-order valence-corrected chi connectivity index (χ3v) is 6.53. The normalized spacial score (nSPS) is 27.1. The van der Waals surface area contributed by atoms with Crippen LogP contribution in [0.5, 0.6) is 0 Å². The largest absolute Gasteiger partial charge is 0.388 e. The van der Waals surface area contributed by atoms with Crippen LogP contribution in [0.15, 0.2) is 35.3 Å². The molecule has 3 aliphatic rings. The third-order valence-electron chi connectivity index (χ3n) is 6.53. The predicted molar refractivity (Wildman–Crippen MR) is 101 cm³/mol. The number of aromatic nitrogens is 1. The fourth-order valence-corrected chi connectivity index (χ4v) is 5.15. The molecule has 5 rings (SSSR count). The molecule has 2 heterocycles. The van der Waals surface area contributed by atoms with Gasteiger partial charge in [0.15, 0.2) is 5.43 Å². The van der Waals surface area contributed by atoms with Gasteiger partial charge in [-0.3, -0.25) is 9.78 Å². The molecule has 1 N–H and O–H groups in total. The van der Waals surface area contributed by atoms with Crippen LogP contribution in [0.2, 0.25) is 0 Å². The first-order valence-corrected chi connectivity index (χ1v) is 9.63. The monoisotopic (exact) mass is 348 g/mol. The highest BCUT2D eigenvalue weighted by Gasteiger charge is 2.36. The van der Waals surface area contributed by atoms with Crippen molar-refractivity contribution in [3.05, 3.63) is 62.9 Å². The standard InChI is InChI=1S/C22H24N2O2/c1-24-11-15-4-6-16-18(19(15)12-24)10-23-20(9-22(16)26)14-3-2-13-5-7-21(25)17(13)8-14/h2-3,8-10,15,19,21,25H,4-7,11-12H2,1H3/t15-,19+,21?/m1/s1. The SMILES string of the molecule is CN1C[C@H]2CCc3c(cnc(-c4ccc5c(c4)C(O)CC5)cc3=O)[C@H]2C1. The Morgan fingerprint density at radius 2 is 2.00 bits per heavy atom. The van der Waals surface area contributed by atoms with Crippen LogP contribution >= 0.6 is 0 Å². The number of aliphatic hydroxyl groups is 1. The minimum absolute atomic E-state index is 0.113. The number of likely N-dealkylation sites (N-methyl/N-ethyl adjacent to an activating group) is 1. The Morgan fingerprint density at radius 1 is 1.12 bits per heavy atom. The van der Waals surface area contributed by atoms with Crippen LogP contribution in [0.4, 0.5) is 0 Å². The molecule has 1 aliphatic heterocycles. The Kier molecular flexibility index (Phi) is 3.73. The van der Waals surface area contributed by atoms with Gasteiger partial charge in [0.2, 0.25) is 0 Å². The van der Waals surface area contributed by atoms with Crippen LogP contribution in [-0.4, -0.2) is 35.1 Å². The minimum atomic E-state index is -0.392. The van der Waals surface area contributed by atoms with E-state index in [0.29, 0.717) is 17.5 Å². The summed E-state index contributed by atoms with van der Waals surface area (Å²) < 4.78 is 0. The first kappa shape index (κ1) is 16.2. The molecule has 1 fully saturated rings. The van der Waals surface area contributed by atoms with Crippen molar-refractivity contribution in [1.82, 2.24) is 9.88 Å². The Balaban J connectivity index is 1.61. The molecule has 3 atom stereocenters. The summed E-state index contributed by atoms with van der Waals surface area (Å²) in [6.07, 6.45) is 5.23. The van der Waals surface area contributed by atoms with Crippen molar-refractivity contribution in [1.29, 1.82) is 0 Å². The second-order valence-electron chi connectivity index (χ2n) is 8.18. The molecule has 2 aromatic rings. The highest BCUT2D eigenvalue weighted by molar-refractivity contribution is 5.62. The third kappa shape index (κ3) is 2.51. The van der Waals surface area contributed by atoms with Gasteiger partial charge in [-0.2, -0.15) is 0 Å². The van der Waals surface area contributed by atoms with E-state index in [1.54, 1.807) is 6.07 Å². The van der Waals surface area contributed by atoms with Gasteiger partial charge in [0, 0.05) is 42.4 Å². The highest BCUT2D eigenvalue weighted by Crippen LogP contribution is 2.40. The first-order chi connectivity index (χ1) is 12.6. The van der Waals surface area contributed by atoms with Gasteiger partial charge >= 0.3 is 0 Å². The number of aliphatic hydroxyl groups excluding tert-OH is 1. The lowest BCUT2D eigenvalue weighted by molar-refractivity contribution is 0.180. The van der Waals surface area contributed by atoms with E-state index in [1.165, 1.54) is 5.56 Å². The van der Waals surface area contributed by atoms with Crippen LogP contribution < -0.4 is 5.43 Å². The van der Waals surface area contributed by atoms with E-state index < -0.39 is 6.10 Å². The first-order valence-electron chi connectivity index (χ1n) is 9.63. The van der Waals surface area contributed by atoms with Crippen LogP contribution in [0.3, 0.4) is 0 Å². The maximum atomic E-state index is 12.9. The molecule has 2 aliphatic carbocycles. The molecule has 1 aromatic carbocycles. The molecule has 1 aromatic heterocycles. The minimum Gasteiger partial charge on any atom is -0.388 e. The molecule has 0 spiro atoms. The summed E-state index contributed by atoms with van der Waals surface area (Å²) in [5, 5.41) is 10.2. The second-order valence-corrected chi connectivity index (χ2v) is 8.18. The van der Waals surface area contributed by atoms with E-state index in [0.717, 1.165) is 61.0 Å². The molecule has 0 radical (unpaired) electrons. The molecule has 1 unspecified atom stereocenters. The van der Waals surface area contributed by atoms with Crippen LogP contribution in [-0.2, 0) is 12.8 Å². The van der Waals surface area contributed by atoms with E-state index in [1.807, 2.05) is 18.3 Å². The van der Waals surface area contributed by atoms with Crippen molar-refractivity contribution in [2.45, 2.75) is 37.7 Å². The zero-order valence-electron chi connectivity index (χ0n) is 15.1. The Morgan fingerprint density at radius 3 is 2.88 bits per heavy atom. The fourth-order valence-electron chi connectivity index (χ4n) is 5.15. The maximum absolute atomic E-state index is 12.9. The number of nitrogens with zero attached hydrogens (tertiary/aromatic N) is 2. The topological polar surface area (TPSA) is 53.4 Å². The maximum Gasteiger partial charge on any atom is 0.184 e. The van der Waals surface area contributed by atoms with Gasteiger partial charge in [-0.05, 0) is 61.4 Å². The molecular formula is C22H24N2O2. The van der Waals surface area contributed by atoms with E-state index >= 15 is 0 Å². The fraction of sp³-hybridized carbons (Fsp3) is 0.455. The van der Waals surface area contributed by atoms with Crippen LogP contribution in [0, 0.1) is 5.92 Å². The van der Waals surface area contributed by atoms with Gasteiger partial charge in [-0.15, -0.1) is 0 Å². The molecule has 0 saturated carbocycles. The lowest BCUT2D eigenvalue weighted by Crippen LogP contribution is -2.22. The Bertz CT molecular complexity index is 940. The quantitative estimate of drug-likeness (QED) is 0.861. The van der Waals surface area contributed by atoms with Crippen molar-refractivity contribution in [2.75, 3.05) is 20.1 Å². The Hall–Kier alpha value is -2.04. The van der Waals surface area contributed by atoms with E-state index in [-0.39, 0.29) is 5.43 Å². The summed E-state index contributed by atoms with van der Waals surface area (Å²) in [6, 6.07) is 7.81. The van der Waals surface area contributed by atoms with Crippen molar-refractivity contribution in [2.24, 2.45) is 5.92 Å². The molecular weight excluding hydrogens is 324 g/mol. The summed E-state index contributed by atoms with van der Waals surface area (Å²) in [6.45, 7) is 2.13. The van der Waals surface area contributed by atoms with Gasteiger partial charge in [0.1, 0.15) is 0 Å². The van der Waals surface area contributed by atoms with Crippen molar-refractivity contribution in [3.8, 4) is 11.3 Å². The number of aryl methyl sites for hydroxylation is 1. The van der Waals surface area contributed by atoms with Gasteiger partial charge in [-0.25, -0.2) is 0 Å². The van der Waals surface area contributed by atoms with Gasteiger partial charge in [0.25, 0.3) is 0 Å². The summed E-state index contributed by atoms with van der Waals surface area (Å²) in [5.41, 5.74) is 6.07. The van der Waals surface area contributed by atoms with Gasteiger partial charge in [-0.1, -0.05) is 12.1 Å².